The van der Waals surface area contributed by atoms with Gasteiger partial charge in [-0.2, -0.15) is 4.98 Å². The molecule has 2 aromatic rings. The van der Waals surface area contributed by atoms with E-state index < -0.39 is 0 Å². The zero-order valence-electron chi connectivity index (χ0n) is 20.4. The van der Waals surface area contributed by atoms with E-state index in [1.54, 1.807) is 0 Å². The Labute approximate surface area is 203 Å². The number of piperidine rings is 1. The second-order valence-electron chi connectivity index (χ2n) is 10.3. The van der Waals surface area contributed by atoms with Crippen molar-refractivity contribution in [1.82, 2.24) is 20.2 Å². The lowest BCUT2D eigenvalue weighted by atomic mass is 9.85. The van der Waals surface area contributed by atoms with Crippen LogP contribution in [0, 0.1) is 5.92 Å². The Kier molecular flexibility index (Phi) is 7.28. The molecular formula is C27H38N6O. The number of hydrogen-bond donors (Lipinski definition) is 3. The third-order valence-corrected chi connectivity index (χ3v) is 7.61. The molecule has 2 saturated carbocycles. The Morgan fingerprint density at radius 2 is 1.76 bits per heavy atom. The zero-order chi connectivity index (χ0) is 23.3. The molecule has 182 valence electrons. The Morgan fingerprint density at radius 1 is 1.00 bits per heavy atom. The van der Waals surface area contributed by atoms with Crippen LogP contribution in [0.15, 0.2) is 30.5 Å². The number of carbonyl (C=O) groups is 1. The topological polar surface area (TPSA) is 82.2 Å². The molecule has 1 saturated heterocycles. The molecule has 5 rings (SSSR count). The minimum Gasteiger partial charge on any atom is -0.370 e. The van der Waals surface area contributed by atoms with Crippen molar-refractivity contribution in [2.75, 3.05) is 43.9 Å². The average molecular weight is 463 g/mol. The molecule has 0 atom stereocenters. The molecule has 3 fully saturated rings. The summed E-state index contributed by atoms with van der Waals surface area (Å²) in [5, 5.41) is 9.95. The van der Waals surface area contributed by atoms with E-state index in [2.05, 4.69) is 57.1 Å². The van der Waals surface area contributed by atoms with Crippen molar-refractivity contribution < 1.29 is 4.79 Å². The van der Waals surface area contributed by atoms with E-state index in [4.69, 9.17) is 4.98 Å². The first-order valence-corrected chi connectivity index (χ1v) is 13.1. The number of benzene rings is 1. The van der Waals surface area contributed by atoms with E-state index in [1.165, 1.54) is 56.3 Å². The highest BCUT2D eigenvalue weighted by Crippen LogP contribution is 2.42. The van der Waals surface area contributed by atoms with Crippen LogP contribution in [0.1, 0.15) is 74.3 Å². The zero-order valence-corrected chi connectivity index (χ0v) is 20.4. The van der Waals surface area contributed by atoms with E-state index in [0.717, 1.165) is 37.3 Å². The van der Waals surface area contributed by atoms with Gasteiger partial charge in [0, 0.05) is 36.5 Å². The summed E-state index contributed by atoms with van der Waals surface area (Å²) in [6.45, 7) is 3.84. The van der Waals surface area contributed by atoms with Crippen molar-refractivity contribution in [2.24, 2.45) is 5.92 Å². The highest BCUT2D eigenvalue weighted by molar-refractivity contribution is 5.79. The summed E-state index contributed by atoms with van der Waals surface area (Å²) in [7, 11) is 2.20. The summed E-state index contributed by atoms with van der Waals surface area (Å²) >= 11 is 0. The summed E-state index contributed by atoms with van der Waals surface area (Å²) in [6.07, 6.45) is 11.0. The van der Waals surface area contributed by atoms with Gasteiger partial charge >= 0.3 is 0 Å². The maximum Gasteiger partial charge on any atom is 0.229 e. The molecule has 7 heteroatoms. The van der Waals surface area contributed by atoms with E-state index in [-0.39, 0.29) is 11.8 Å². The predicted molar refractivity (Wildman–Crippen MR) is 137 cm³/mol. The summed E-state index contributed by atoms with van der Waals surface area (Å²) in [5.74, 6) is 3.26. The highest BCUT2D eigenvalue weighted by atomic mass is 16.1. The highest BCUT2D eigenvalue weighted by Gasteiger charge is 2.28. The number of hydrogen-bond acceptors (Lipinski definition) is 6. The van der Waals surface area contributed by atoms with Gasteiger partial charge < -0.3 is 20.9 Å². The second kappa shape index (κ2) is 10.7. The monoisotopic (exact) mass is 462 g/mol. The molecule has 0 spiro atoms. The van der Waals surface area contributed by atoms with Crippen LogP contribution in [0.4, 0.5) is 17.5 Å². The van der Waals surface area contributed by atoms with Crippen molar-refractivity contribution in [2.45, 2.75) is 63.2 Å². The number of carbonyl (C=O) groups excluding carboxylic acids is 1. The molecule has 0 radical (unpaired) electrons. The second-order valence-corrected chi connectivity index (χ2v) is 10.3. The minimum absolute atomic E-state index is 0.222. The van der Waals surface area contributed by atoms with Gasteiger partial charge in [0.05, 0.1) is 0 Å². The third-order valence-electron chi connectivity index (χ3n) is 7.61. The molecular weight excluding hydrogens is 424 g/mol. The van der Waals surface area contributed by atoms with Crippen LogP contribution in [0.3, 0.4) is 0 Å². The molecule has 1 amide bonds. The molecule has 1 aromatic carbocycles. The largest absolute Gasteiger partial charge is 0.370 e. The molecule has 2 aliphatic carbocycles. The van der Waals surface area contributed by atoms with E-state index >= 15 is 0 Å². The third kappa shape index (κ3) is 5.87. The van der Waals surface area contributed by atoms with Gasteiger partial charge in [0.1, 0.15) is 5.82 Å². The van der Waals surface area contributed by atoms with Gasteiger partial charge in [0.2, 0.25) is 11.9 Å². The number of likely N-dealkylation sites (tertiary alicyclic amines) is 1. The van der Waals surface area contributed by atoms with E-state index in [9.17, 15) is 4.79 Å². The van der Waals surface area contributed by atoms with Crippen LogP contribution in [0.2, 0.25) is 0 Å². The van der Waals surface area contributed by atoms with Crippen LogP contribution < -0.4 is 16.0 Å². The van der Waals surface area contributed by atoms with Gasteiger partial charge in [-0.1, -0.05) is 18.6 Å². The fraction of sp³-hybridized carbons (Fsp3) is 0.593. The van der Waals surface area contributed by atoms with Gasteiger partial charge in [0.25, 0.3) is 0 Å². The fourth-order valence-corrected chi connectivity index (χ4v) is 4.92. The molecule has 7 nitrogen and oxygen atoms in total. The molecule has 0 bridgehead atoms. The lowest BCUT2D eigenvalue weighted by molar-refractivity contribution is -0.127. The lowest BCUT2D eigenvalue weighted by Crippen LogP contribution is -2.35. The summed E-state index contributed by atoms with van der Waals surface area (Å²) < 4.78 is 0. The molecule has 1 aromatic heterocycles. The van der Waals surface area contributed by atoms with Gasteiger partial charge in [-0.3, -0.25) is 4.79 Å². The van der Waals surface area contributed by atoms with Crippen LogP contribution in [-0.4, -0.2) is 54.0 Å². The van der Waals surface area contributed by atoms with Crippen molar-refractivity contribution in [3.8, 4) is 0 Å². The molecule has 34 heavy (non-hydrogen) atoms. The lowest BCUT2D eigenvalue weighted by Gasteiger charge is -2.29. The van der Waals surface area contributed by atoms with Gasteiger partial charge in [-0.15, -0.1) is 0 Å². The first-order valence-electron chi connectivity index (χ1n) is 13.1. The van der Waals surface area contributed by atoms with Crippen LogP contribution in [0.5, 0.6) is 0 Å². The van der Waals surface area contributed by atoms with Crippen molar-refractivity contribution in [3.05, 3.63) is 41.6 Å². The number of anilines is 3. The van der Waals surface area contributed by atoms with Crippen molar-refractivity contribution in [3.63, 3.8) is 0 Å². The number of nitrogens with one attached hydrogen (secondary N) is 3. The predicted octanol–water partition coefficient (Wildman–Crippen LogP) is 4.63. The number of nitrogens with zero attached hydrogens (tertiary/aromatic N) is 3. The smallest absolute Gasteiger partial charge is 0.229 e. The Balaban J connectivity index is 1.15. The van der Waals surface area contributed by atoms with Crippen molar-refractivity contribution in [1.29, 1.82) is 0 Å². The Bertz CT molecular complexity index is 962. The Morgan fingerprint density at radius 3 is 2.44 bits per heavy atom. The van der Waals surface area contributed by atoms with Gasteiger partial charge in [-0.25, -0.2) is 4.98 Å². The molecule has 3 N–H and O–H groups in total. The Hall–Kier alpha value is -2.67. The van der Waals surface area contributed by atoms with Crippen LogP contribution in [0.25, 0.3) is 0 Å². The quantitative estimate of drug-likeness (QED) is 0.447. The van der Waals surface area contributed by atoms with Gasteiger partial charge in [0.15, 0.2) is 0 Å². The fourth-order valence-electron chi connectivity index (χ4n) is 4.92. The van der Waals surface area contributed by atoms with Crippen LogP contribution in [-0.2, 0) is 4.79 Å². The summed E-state index contributed by atoms with van der Waals surface area (Å²) in [5.41, 5.74) is 3.65. The van der Waals surface area contributed by atoms with E-state index in [0.29, 0.717) is 24.3 Å². The molecule has 3 aliphatic rings. The summed E-state index contributed by atoms with van der Waals surface area (Å²) in [4.78, 5) is 23.8. The number of aromatic nitrogens is 2. The number of amides is 1. The molecule has 1 aliphatic heterocycles. The average Bonchev–Trinajstić information content (AvgIpc) is 3.64. The van der Waals surface area contributed by atoms with E-state index in [1.807, 2.05) is 6.20 Å². The van der Waals surface area contributed by atoms with Gasteiger partial charge in [-0.05, 0) is 94.6 Å². The summed E-state index contributed by atoms with van der Waals surface area (Å²) in [6, 6.07) is 8.77. The SMILES string of the molecule is CN1CCC(c2ccc(Nc3ncc(C4CC4)c(NCCCNC(=O)C4CCC4)n3)cc2)CC1. The minimum atomic E-state index is 0.222. The standard InChI is InChI=1S/C27H38N6O/c1-33-16-12-20(13-17-33)19-8-10-23(11-9-19)31-27-30-18-24(21-6-7-21)25(32-27)28-14-3-15-29-26(34)22-4-2-5-22/h8-11,18,20-22H,2-7,12-17H2,1H3,(H,29,34)(H2,28,30,31,32). The maximum absolute atomic E-state index is 12.0. The first-order chi connectivity index (χ1) is 16.7. The molecule has 2 heterocycles. The molecule has 0 unspecified atom stereocenters. The maximum atomic E-state index is 12.0. The number of rotatable bonds is 10. The van der Waals surface area contributed by atoms with Crippen LogP contribution >= 0.6 is 0 Å². The van der Waals surface area contributed by atoms with Crippen molar-refractivity contribution >= 4 is 23.4 Å². The first kappa shape index (κ1) is 23.1. The normalized spacial score (nSPS) is 19.4.